The molecule has 0 unspecified atom stereocenters. The summed E-state index contributed by atoms with van der Waals surface area (Å²) in [6.07, 6.45) is 4.26. The van der Waals surface area contributed by atoms with Crippen LogP contribution in [0.2, 0.25) is 0 Å². The molecule has 8 heteroatoms. The highest BCUT2D eigenvalue weighted by Gasteiger charge is 2.50. The fourth-order valence-corrected chi connectivity index (χ4v) is 5.76. The van der Waals surface area contributed by atoms with Crippen LogP contribution in [0.3, 0.4) is 0 Å². The number of likely N-dealkylation sites (tertiary alicyclic amines) is 1. The van der Waals surface area contributed by atoms with E-state index in [1.165, 1.54) is 0 Å². The SMILES string of the molecule is CCOC(=O)c1ccccc1NC(=O)CN1CC[C@]2(O)CCCC[C@@H]2[C@H]1c1cc(OC)ccc1OC. The van der Waals surface area contributed by atoms with Crippen molar-refractivity contribution in [3.63, 3.8) is 0 Å². The summed E-state index contributed by atoms with van der Waals surface area (Å²) in [5, 5.41) is 14.5. The number of ether oxygens (including phenoxy) is 3. The molecule has 0 bridgehead atoms. The molecule has 1 amide bonds. The van der Waals surface area contributed by atoms with Crippen molar-refractivity contribution in [3.05, 3.63) is 53.6 Å². The summed E-state index contributed by atoms with van der Waals surface area (Å²) in [6, 6.07) is 12.3. The van der Waals surface area contributed by atoms with Crippen molar-refractivity contribution in [2.75, 3.05) is 39.2 Å². The molecule has 3 atom stereocenters. The molecule has 1 aliphatic heterocycles. The second-order valence-electron chi connectivity index (χ2n) is 9.54. The van der Waals surface area contributed by atoms with Gasteiger partial charge in [-0.15, -0.1) is 0 Å². The van der Waals surface area contributed by atoms with Crippen LogP contribution in [-0.4, -0.2) is 61.4 Å². The van der Waals surface area contributed by atoms with E-state index in [-0.39, 0.29) is 31.0 Å². The van der Waals surface area contributed by atoms with Crippen LogP contribution in [0.25, 0.3) is 0 Å². The average molecular weight is 497 g/mol. The molecule has 1 saturated carbocycles. The van der Waals surface area contributed by atoms with Crippen LogP contribution in [0.5, 0.6) is 11.5 Å². The lowest BCUT2D eigenvalue weighted by Crippen LogP contribution is -2.56. The molecule has 36 heavy (non-hydrogen) atoms. The van der Waals surface area contributed by atoms with Gasteiger partial charge in [-0.05, 0) is 56.5 Å². The van der Waals surface area contributed by atoms with Crippen LogP contribution in [0.15, 0.2) is 42.5 Å². The monoisotopic (exact) mass is 496 g/mol. The molecule has 1 aliphatic carbocycles. The topological polar surface area (TPSA) is 97.3 Å². The highest BCUT2D eigenvalue weighted by molar-refractivity contribution is 6.01. The van der Waals surface area contributed by atoms with Crippen LogP contribution < -0.4 is 14.8 Å². The Morgan fingerprint density at radius 1 is 1.11 bits per heavy atom. The number of piperidine rings is 1. The second-order valence-corrected chi connectivity index (χ2v) is 9.54. The van der Waals surface area contributed by atoms with E-state index < -0.39 is 11.6 Å². The van der Waals surface area contributed by atoms with Crippen molar-refractivity contribution in [1.29, 1.82) is 0 Å². The molecular formula is C28H36N2O6. The highest BCUT2D eigenvalue weighted by atomic mass is 16.5. The van der Waals surface area contributed by atoms with Crippen LogP contribution in [0, 0.1) is 5.92 Å². The summed E-state index contributed by atoms with van der Waals surface area (Å²) in [7, 11) is 3.25. The van der Waals surface area contributed by atoms with Crippen LogP contribution in [-0.2, 0) is 9.53 Å². The summed E-state index contributed by atoms with van der Waals surface area (Å²) in [5.41, 5.74) is 0.865. The molecule has 1 heterocycles. The van der Waals surface area contributed by atoms with Crippen LogP contribution >= 0.6 is 0 Å². The first-order valence-corrected chi connectivity index (χ1v) is 12.6. The Morgan fingerprint density at radius 2 is 1.92 bits per heavy atom. The molecule has 0 radical (unpaired) electrons. The van der Waals surface area contributed by atoms with Gasteiger partial charge >= 0.3 is 5.97 Å². The number of aliphatic hydroxyl groups is 1. The summed E-state index contributed by atoms with van der Waals surface area (Å²) in [4.78, 5) is 27.8. The molecular weight excluding hydrogens is 460 g/mol. The summed E-state index contributed by atoms with van der Waals surface area (Å²) < 4.78 is 16.3. The Balaban J connectivity index is 1.63. The van der Waals surface area contributed by atoms with Gasteiger partial charge in [0.05, 0.1) is 44.2 Å². The number of hydrogen-bond acceptors (Lipinski definition) is 7. The van der Waals surface area contributed by atoms with Gasteiger partial charge in [-0.3, -0.25) is 9.69 Å². The number of carbonyl (C=O) groups is 2. The van der Waals surface area contributed by atoms with E-state index in [4.69, 9.17) is 14.2 Å². The van der Waals surface area contributed by atoms with Gasteiger partial charge in [-0.1, -0.05) is 25.0 Å². The van der Waals surface area contributed by atoms with E-state index in [0.717, 1.165) is 31.2 Å². The lowest BCUT2D eigenvalue weighted by Gasteiger charge is -2.52. The molecule has 8 nitrogen and oxygen atoms in total. The molecule has 0 spiro atoms. The first kappa shape index (κ1) is 26.0. The van der Waals surface area contributed by atoms with E-state index in [1.54, 1.807) is 45.4 Å². The van der Waals surface area contributed by atoms with E-state index >= 15 is 0 Å². The number of methoxy groups -OCH3 is 2. The standard InChI is InChI=1S/C28H36N2O6/c1-4-36-27(32)20-9-5-6-11-23(20)29-25(31)18-30-16-15-28(33)14-8-7-10-22(28)26(30)21-17-19(34-2)12-13-24(21)35-3/h5-6,9,11-13,17,22,26,33H,4,7-8,10,14-16,18H2,1-3H3,(H,29,31)/t22-,26-,28-/m1/s1. The smallest absolute Gasteiger partial charge is 0.340 e. The predicted octanol–water partition coefficient (Wildman–Crippen LogP) is 4.19. The minimum atomic E-state index is -0.777. The van der Waals surface area contributed by atoms with Crippen molar-refractivity contribution in [2.24, 2.45) is 5.92 Å². The van der Waals surface area contributed by atoms with Crippen molar-refractivity contribution >= 4 is 17.6 Å². The third-order valence-electron chi connectivity index (χ3n) is 7.47. The summed E-state index contributed by atoms with van der Waals surface area (Å²) in [5.74, 6) is 0.648. The number of nitrogens with zero attached hydrogens (tertiary/aromatic N) is 1. The fourth-order valence-electron chi connectivity index (χ4n) is 5.76. The quantitative estimate of drug-likeness (QED) is 0.529. The van der Waals surface area contributed by atoms with Gasteiger partial charge in [-0.25, -0.2) is 4.79 Å². The number of esters is 1. The Kier molecular flexibility index (Phi) is 8.16. The molecule has 1 saturated heterocycles. The maximum Gasteiger partial charge on any atom is 0.340 e. The van der Waals surface area contributed by atoms with Crippen molar-refractivity contribution < 1.29 is 28.9 Å². The van der Waals surface area contributed by atoms with Crippen LogP contribution in [0.4, 0.5) is 5.69 Å². The largest absolute Gasteiger partial charge is 0.497 e. The van der Waals surface area contributed by atoms with Crippen molar-refractivity contribution in [3.8, 4) is 11.5 Å². The second kappa shape index (κ2) is 11.3. The number of benzene rings is 2. The number of para-hydroxylation sites is 1. The number of fused-ring (bicyclic) bond motifs is 1. The predicted molar refractivity (Wildman–Crippen MR) is 136 cm³/mol. The third kappa shape index (κ3) is 5.34. The Labute approximate surface area is 212 Å². The van der Waals surface area contributed by atoms with Crippen molar-refractivity contribution in [1.82, 2.24) is 4.90 Å². The zero-order chi connectivity index (χ0) is 25.7. The number of hydrogen-bond donors (Lipinski definition) is 2. The van der Waals surface area contributed by atoms with Gasteiger partial charge in [0, 0.05) is 24.1 Å². The first-order valence-electron chi connectivity index (χ1n) is 12.6. The molecule has 2 fully saturated rings. The molecule has 2 aliphatic rings. The fraction of sp³-hybridized carbons (Fsp3) is 0.500. The lowest BCUT2D eigenvalue weighted by atomic mass is 9.66. The van der Waals surface area contributed by atoms with Gasteiger partial charge in [0.25, 0.3) is 0 Å². The van der Waals surface area contributed by atoms with E-state index in [9.17, 15) is 14.7 Å². The van der Waals surface area contributed by atoms with Crippen LogP contribution in [0.1, 0.15) is 61.0 Å². The Bertz CT molecular complexity index is 1090. The maximum atomic E-state index is 13.3. The van der Waals surface area contributed by atoms with E-state index in [1.807, 2.05) is 18.2 Å². The minimum Gasteiger partial charge on any atom is -0.497 e. The molecule has 0 aromatic heterocycles. The van der Waals surface area contributed by atoms with Gasteiger partial charge < -0.3 is 24.6 Å². The molecule has 2 aromatic rings. The van der Waals surface area contributed by atoms with Gasteiger partial charge in [0.2, 0.25) is 5.91 Å². The molecule has 2 N–H and O–H groups in total. The normalized spacial score (nSPS) is 23.9. The number of carbonyl (C=O) groups excluding carboxylic acids is 2. The zero-order valence-corrected chi connectivity index (χ0v) is 21.3. The third-order valence-corrected chi connectivity index (χ3v) is 7.47. The van der Waals surface area contributed by atoms with E-state index in [0.29, 0.717) is 35.7 Å². The minimum absolute atomic E-state index is 0.0411. The summed E-state index contributed by atoms with van der Waals surface area (Å²) in [6.45, 7) is 2.66. The number of anilines is 1. The maximum absolute atomic E-state index is 13.3. The number of amides is 1. The molecule has 2 aromatic carbocycles. The lowest BCUT2D eigenvalue weighted by molar-refractivity contribution is -0.135. The first-order chi connectivity index (χ1) is 17.4. The van der Waals surface area contributed by atoms with E-state index in [2.05, 4.69) is 10.2 Å². The van der Waals surface area contributed by atoms with Gasteiger partial charge in [0.1, 0.15) is 11.5 Å². The highest BCUT2D eigenvalue weighted by Crippen LogP contribution is 2.51. The average Bonchev–Trinajstić information content (AvgIpc) is 2.88. The number of nitrogens with one attached hydrogen (secondary N) is 1. The Morgan fingerprint density at radius 3 is 2.67 bits per heavy atom. The zero-order valence-electron chi connectivity index (χ0n) is 21.3. The number of rotatable bonds is 8. The summed E-state index contributed by atoms with van der Waals surface area (Å²) >= 11 is 0. The van der Waals surface area contributed by atoms with Gasteiger partial charge in [0.15, 0.2) is 0 Å². The van der Waals surface area contributed by atoms with Crippen molar-refractivity contribution in [2.45, 2.75) is 50.7 Å². The molecule has 4 rings (SSSR count). The Hall–Kier alpha value is -3.10. The van der Waals surface area contributed by atoms with Gasteiger partial charge in [-0.2, -0.15) is 0 Å². The molecule has 194 valence electrons.